The van der Waals surface area contributed by atoms with Crippen molar-refractivity contribution in [2.75, 3.05) is 0 Å². The molecule has 0 bridgehead atoms. The molecule has 1 aromatic rings. The van der Waals surface area contributed by atoms with Crippen LogP contribution in [0.1, 0.15) is 115 Å². The van der Waals surface area contributed by atoms with Gasteiger partial charge in [0.15, 0.2) is 0 Å². The summed E-state index contributed by atoms with van der Waals surface area (Å²) in [5, 5.41) is 13.3. The van der Waals surface area contributed by atoms with Crippen LogP contribution in [0.4, 0.5) is 0 Å². The molecule has 2 atom stereocenters. The fourth-order valence-electron chi connectivity index (χ4n) is 6.19. The standard InChI is InChI=1S/C29H44N2O3/c1-27(2,3)16-15-23(19-7-11-21(12-8-19)26(33)34)31-25(32)24(20-9-10-20)30-29(31)17-13-22(14-18-29)28(4,5)6/h7-8,11-12,20,22-24,30H,9-10,13-18H2,1-6H3,(H,33,34). The summed E-state index contributed by atoms with van der Waals surface area (Å²) in [5.74, 6) is 0.479. The van der Waals surface area contributed by atoms with Crippen LogP contribution in [0.5, 0.6) is 0 Å². The second-order valence-electron chi connectivity index (χ2n) is 13.4. The first-order valence-corrected chi connectivity index (χ1v) is 13.2. The molecule has 188 valence electrons. The number of nitrogens with one attached hydrogen (secondary N) is 1. The quantitative estimate of drug-likeness (QED) is 0.507. The lowest BCUT2D eigenvalue weighted by molar-refractivity contribution is -0.138. The number of benzene rings is 1. The van der Waals surface area contributed by atoms with Crippen molar-refractivity contribution in [2.24, 2.45) is 22.7 Å². The third-order valence-corrected chi connectivity index (χ3v) is 8.54. The van der Waals surface area contributed by atoms with Crippen LogP contribution in [0, 0.1) is 22.7 Å². The largest absolute Gasteiger partial charge is 0.478 e. The van der Waals surface area contributed by atoms with Crippen LogP contribution in [0.15, 0.2) is 24.3 Å². The van der Waals surface area contributed by atoms with Crippen molar-refractivity contribution in [3.63, 3.8) is 0 Å². The van der Waals surface area contributed by atoms with Gasteiger partial charge >= 0.3 is 5.97 Å². The average Bonchev–Trinajstić information content (AvgIpc) is 3.55. The lowest BCUT2D eigenvalue weighted by Gasteiger charge is -2.49. The van der Waals surface area contributed by atoms with Crippen molar-refractivity contribution in [1.29, 1.82) is 0 Å². The predicted octanol–water partition coefficient (Wildman–Crippen LogP) is 6.40. The van der Waals surface area contributed by atoms with Gasteiger partial charge in [0.1, 0.15) is 0 Å². The number of rotatable bonds is 6. The molecule has 1 aliphatic heterocycles. The first-order chi connectivity index (χ1) is 15.8. The number of amides is 1. The molecule has 2 saturated carbocycles. The Kier molecular flexibility index (Phi) is 6.65. The molecule has 1 spiro atoms. The van der Waals surface area contributed by atoms with Crippen LogP contribution in [-0.2, 0) is 4.79 Å². The lowest BCUT2D eigenvalue weighted by Crippen LogP contribution is -2.56. The molecule has 2 unspecified atom stereocenters. The SMILES string of the molecule is CC(C)(C)CCC(c1ccc(C(=O)O)cc1)N1C(=O)C(C2CC2)NC12CCC(C(C)(C)C)CC2. The molecular weight excluding hydrogens is 424 g/mol. The summed E-state index contributed by atoms with van der Waals surface area (Å²) < 4.78 is 0. The number of carboxylic acids is 1. The van der Waals surface area contributed by atoms with Gasteiger partial charge in [0.2, 0.25) is 5.91 Å². The van der Waals surface area contributed by atoms with Crippen molar-refractivity contribution in [3.05, 3.63) is 35.4 Å². The monoisotopic (exact) mass is 468 g/mol. The maximum Gasteiger partial charge on any atom is 0.335 e. The van der Waals surface area contributed by atoms with Crippen molar-refractivity contribution in [1.82, 2.24) is 10.2 Å². The Balaban J connectivity index is 1.70. The van der Waals surface area contributed by atoms with E-state index in [1.807, 2.05) is 12.1 Å². The van der Waals surface area contributed by atoms with Gasteiger partial charge in [-0.25, -0.2) is 4.79 Å². The van der Waals surface area contributed by atoms with E-state index in [0.717, 1.165) is 56.9 Å². The van der Waals surface area contributed by atoms with Crippen LogP contribution in [0.3, 0.4) is 0 Å². The maximum atomic E-state index is 14.0. The first-order valence-electron chi connectivity index (χ1n) is 13.2. The molecule has 3 fully saturated rings. The smallest absolute Gasteiger partial charge is 0.335 e. The molecule has 0 radical (unpaired) electrons. The zero-order chi connectivity index (χ0) is 24.9. The van der Waals surface area contributed by atoms with Crippen LogP contribution in [0.25, 0.3) is 0 Å². The molecule has 1 amide bonds. The van der Waals surface area contributed by atoms with Crippen LogP contribution < -0.4 is 5.32 Å². The Morgan fingerprint density at radius 3 is 2.12 bits per heavy atom. The molecule has 1 heterocycles. The third-order valence-electron chi connectivity index (χ3n) is 8.54. The summed E-state index contributed by atoms with van der Waals surface area (Å²) >= 11 is 0. The van der Waals surface area contributed by atoms with Crippen LogP contribution in [-0.4, -0.2) is 33.6 Å². The molecule has 2 aliphatic carbocycles. The minimum atomic E-state index is -0.914. The van der Waals surface area contributed by atoms with Gasteiger partial charge in [0.25, 0.3) is 0 Å². The molecule has 1 saturated heterocycles. The van der Waals surface area contributed by atoms with E-state index >= 15 is 0 Å². The van der Waals surface area contributed by atoms with E-state index in [1.54, 1.807) is 12.1 Å². The third kappa shape index (κ3) is 5.19. The average molecular weight is 469 g/mol. The highest BCUT2D eigenvalue weighted by Crippen LogP contribution is 2.50. The first kappa shape index (κ1) is 25.2. The van der Waals surface area contributed by atoms with E-state index in [-0.39, 0.29) is 34.5 Å². The van der Waals surface area contributed by atoms with E-state index in [9.17, 15) is 14.7 Å². The number of carbonyl (C=O) groups is 2. The lowest BCUT2D eigenvalue weighted by atomic mass is 9.69. The fourth-order valence-corrected chi connectivity index (χ4v) is 6.19. The molecule has 5 nitrogen and oxygen atoms in total. The van der Waals surface area contributed by atoms with Gasteiger partial charge in [0, 0.05) is 0 Å². The van der Waals surface area contributed by atoms with Crippen molar-refractivity contribution >= 4 is 11.9 Å². The molecule has 34 heavy (non-hydrogen) atoms. The Morgan fingerprint density at radius 1 is 1.06 bits per heavy atom. The van der Waals surface area contributed by atoms with Crippen molar-refractivity contribution < 1.29 is 14.7 Å². The van der Waals surface area contributed by atoms with E-state index < -0.39 is 5.97 Å². The highest BCUT2D eigenvalue weighted by Gasteiger charge is 2.57. The number of nitrogens with zero attached hydrogens (tertiary/aromatic N) is 1. The number of carboxylic acid groups (broad SMARTS) is 1. The second kappa shape index (κ2) is 8.96. The molecular formula is C29H44N2O3. The number of hydrogen-bond acceptors (Lipinski definition) is 3. The predicted molar refractivity (Wildman–Crippen MR) is 135 cm³/mol. The Bertz CT molecular complexity index is 897. The Hall–Kier alpha value is -1.88. The Labute approximate surface area is 205 Å². The minimum absolute atomic E-state index is 0.0444. The number of hydrogen-bond donors (Lipinski definition) is 2. The summed E-state index contributed by atoms with van der Waals surface area (Å²) in [6, 6.07) is 7.14. The summed E-state index contributed by atoms with van der Waals surface area (Å²) in [7, 11) is 0. The zero-order valence-electron chi connectivity index (χ0n) is 22.0. The Morgan fingerprint density at radius 2 is 1.65 bits per heavy atom. The summed E-state index contributed by atoms with van der Waals surface area (Å²) in [4.78, 5) is 27.7. The molecule has 1 aromatic carbocycles. The molecule has 5 heteroatoms. The molecule has 3 aliphatic rings. The van der Waals surface area contributed by atoms with Gasteiger partial charge in [-0.3, -0.25) is 10.1 Å². The van der Waals surface area contributed by atoms with Gasteiger partial charge in [-0.1, -0.05) is 53.7 Å². The number of carbonyl (C=O) groups excluding carboxylic acids is 1. The zero-order valence-corrected chi connectivity index (χ0v) is 22.0. The van der Waals surface area contributed by atoms with E-state index in [1.165, 1.54) is 0 Å². The summed E-state index contributed by atoms with van der Waals surface area (Å²) in [6.45, 7) is 13.8. The number of aromatic carboxylic acids is 1. The van der Waals surface area contributed by atoms with Gasteiger partial charge in [-0.2, -0.15) is 0 Å². The van der Waals surface area contributed by atoms with Gasteiger partial charge in [-0.15, -0.1) is 0 Å². The van der Waals surface area contributed by atoms with E-state index in [2.05, 4.69) is 51.8 Å². The topological polar surface area (TPSA) is 69.6 Å². The fraction of sp³-hybridized carbons (Fsp3) is 0.724. The van der Waals surface area contributed by atoms with E-state index in [0.29, 0.717) is 17.4 Å². The highest BCUT2D eigenvalue weighted by atomic mass is 16.4. The molecule has 4 rings (SSSR count). The second-order valence-corrected chi connectivity index (χ2v) is 13.4. The molecule has 2 N–H and O–H groups in total. The van der Waals surface area contributed by atoms with Gasteiger partial charge in [-0.05, 0) is 91.7 Å². The van der Waals surface area contributed by atoms with Gasteiger partial charge < -0.3 is 10.0 Å². The van der Waals surface area contributed by atoms with E-state index in [4.69, 9.17) is 0 Å². The summed E-state index contributed by atoms with van der Waals surface area (Å²) in [5.41, 5.74) is 1.49. The van der Waals surface area contributed by atoms with Crippen molar-refractivity contribution in [3.8, 4) is 0 Å². The van der Waals surface area contributed by atoms with Crippen molar-refractivity contribution in [2.45, 2.75) is 111 Å². The van der Waals surface area contributed by atoms with Crippen LogP contribution in [0.2, 0.25) is 0 Å². The normalized spacial score (nSPS) is 29.0. The highest BCUT2D eigenvalue weighted by molar-refractivity contribution is 5.88. The summed E-state index contributed by atoms with van der Waals surface area (Å²) in [6.07, 6.45) is 8.38. The van der Waals surface area contributed by atoms with Crippen LogP contribution >= 0.6 is 0 Å². The van der Waals surface area contributed by atoms with Gasteiger partial charge in [0.05, 0.1) is 23.3 Å². The minimum Gasteiger partial charge on any atom is -0.478 e. The molecule has 0 aromatic heterocycles. The maximum absolute atomic E-state index is 14.0.